The summed E-state index contributed by atoms with van der Waals surface area (Å²) in [7, 11) is 0. The number of nitrogens with two attached hydrogens (primary N) is 1. The van der Waals surface area contributed by atoms with E-state index in [1.54, 1.807) is 12.1 Å². The lowest BCUT2D eigenvalue weighted by Gasteiger charge is -2.27. The van der Waals surface area contributed by atoms with Gasteiger partial charge in [0.1, 0.15) is 0 Å². The van der Waals surface area contributed by atoms with E-state index in [0.717, 1.165) is 33.7 Å². The predicted molar refractivity (Wildman–Crippen MR) is 119 cm³/mol. The average Bonchev–Trinajstić information content (AvgIpc) is 3.09. The Kier molecular flexibility index (Phi) is 7.20. The molecule has 0 unspecified atom stereocenters. The first-order chi connectivity index (χ1) is 14.5. The van der Waals surface area contributed by atoms with Gasteiger partial charge in [-0.05, 0) is 48.4 Å². The van der Waals surface area contributed by atoms with Gasteiger partial charge in [-0.15, -0.1) is 0 Å². The van der Waals surface area contributed by atoms with Crippen LogP contribution in [0.15, 0.2) is 36.4 Å². The summed E-state index contributed by atoms with van der Waals surface area (Å²) in [6.45, 7) is 2.08. The molecule has 1 aromatic heterocycles. The third-order valence-corrected chi connectivity index (χ3v) is 5.30. The molecule has 1 aliphatic rings. The number of H-pyrrole nitrogens is 1. The van der Waals surface area contributed by atoms with Gasteiger partial charge in [-0.2, -0.15) is 0 Å². The van der Waals surface area contributed by atoms with Gasteiger partial charge in [0, 0.05) is 57.5 Å². The number of carbonyl (C=O) groups excluding carboxylic acids is 1. The molecule has 0 bridgehead atoms. The summed E-state index contributed by atoms with van der Waals surface area (Å²) < 4.78 is 0. The molecule has 0 aliphatic carbocycles. The Morgan fingerprint density at radius 1 is 1.23 bits per heavy atom. The monoisotopic (exact) mass is 448 g/mol. The molecule has 0 fully saturated rings. The summed E-state index contributed by atoms with van der Waals surface area (Å²) >= 11 is 12.3. The van der Waals surface area contributed by atoms with E-state index < -0.39 is 0 Å². The van der Waals surface area contributed by atoms with Crippen molar-refractivity contribution in [3.8, 4) is 0 Å². The number of hydrogen-bond acceptors (Lipinski definition) is 4. The van der Waals surface area contributed by atoms with Crippen LogP contribution in [0.1, 0.15) is 21.6 Å². The van der Waals surface area contributed by atoms with Crippen LogP contribution in [0, 0.1) is 0 Å². The van der Waals surface area contributed by atoms with Crippen molar-refractivity contribution in [2.45, 2.75) is 13.0 Å². The summed E-state index contributed by atoms with van der Waals surface area (Å²) in [5.41, 5.74) is 10.3. The molecule has 0 radical (unpaired) electrons. The Hall–Kier alpha value is -2.74. The number of fused-ring (bicyclic) bond motifs is 3. The van der Waals surface area contributed by atoms with Crippen LogP contribution >= 0.6 is 23.2 Å². The number of aromatic nitrogens is 1. The van der Waals surface area contributed by atoms with Gasteiger partial charge >= 0.3 is 0 Å². The number of carbonyl (C=O) groups is 2. The minimum absolute atomic E-state index is 0.0318. The fourth-order valence-electron chi connectivity index (χ4n) is 3.60. The first kappa shape index (κ1) is 22.0. The molecule has 4 rings (SSSR count). The van der Waals surface area contributed by atoms with Crippen molar-refractivity contribution in [3.63, 3.8) is 0 Å². The SMILES string of the molecule is NCCNc1cc(Cl)cc(C(=O)N2CCc3c([nH]c4ccc(Cl)cc34)C2)c1.O=CO. The van der Waals surface area contributed by atoms with Crippen molar-refractivity contribution in [2.75, 3.05) is 25.0 Å². The Labute approximate surface area is 183 Å². The van der Waals surface area contributed by atoms with E-state index in [1.807, 2.05) is 29.2 Å². The second-order valence-corrected chi connectivity index (χ2v) is 7.67. The number of hydrogen-bond donors (Lipinski definition) is 4. The number of anilines is 1. The van der Waals surface area contributed by atoms with Crippen molar-refractivity contribution in [2.24, 2.45) is 5.73 Å². The van der Waals surface area contributed by atoms with Gasteiger partial charge in [-0.3, -0.25) is 9.59 Å². The molecule has 158 valence electrons. The smallest absolute Gasteiger partial charge is 0.290 e. The number of halogens is 2. The summed E-state index contributed by atoms with van der Waals surface area (Å²) in [4.78, 5) is 26.7. The Morgan fingerprint density at radius 3 is 2.73 bits per heavy atom. The first-order valence-corrected chi connectivity index (χ1v) is 10.1. The van der Waals surface area contributed by atoms with Crippen LogP contribution in [0.25, 0.3) is 10.9 Å². The van der Waals surface area contributed by atoms with Crippen molar-refractivity contribution in [3.05, 3.63) is 63.3 Å². The minimum atomic E-state index is -0.250. The highest BCUT2D eigenvalue weighted by molar-refractivity contribution is 6.31. The van der Waals surface area contributed by atoms with Crippen LogP contribution in [-0.4, -0.2) is 47.0 Å². The number of nitrogens with zero attached hydrogens (tertiary/aromatic N) is 1. The summed E-state index contributed by atoms with van der Waals surface area (Å²) in [5.74, 6) is -0.0318. The highest BCUT2D eigenvalue weighted by Gasteiger charge is 2.25. The molecular weight excluding hydrogens is 427 g/mol. The van der Waals surface area contributed by atoms with Gasteiger partial charge in [0.2, 0.25) is 0 Å². The molecule has 0 saturated carbocycles. The van der Waals surface area contributed by atoms with E-state index in [9.17, 15) is 4.79 Å². The second-order valence-electron chi connectivity index (χ2n) is 6.80. The molecule has 0 saturated heterocycles. The zero-order valence-corrected chi connectivity index (χ0v) is 17.6. The van der Waals surface area contributed by atoms with Crippen molar-refractivity contribution < 1.29 is 14.7 Å². The largest absolute Gasteiger partial charge is 0.483 e. The fourth-order valence-corrected chi connectivity index (χ4v) is 4.01. The van der Waals surface area contributed by atoms with Crippen LogP contribution in [0.2, 0.25) is 10.0 Å². The summed E-state index contributed by atoms with van der Waals surface area (Å²) in [6.07, 6.45) is 0.792. The van der Waals surface area contributed by atoms with Gasteiger partial charge in [-0.1, -0.05) is 23.2 Å². The van der Waals surface area contributed by atoms with Gasteiger partial charge < -0.3 is 26.0 Å². The zero-order chi connectivity index (χ0) is 21.7. The van der Waals surface area contributed by atoms with Gasteiger partial charge in [0.15, 0.2) is 0 Å². The maximum absolute atomic E-state index is 13.0. The number of nitrogens with one attached hydrogen (secondary N) is 2. The number of rotatable bonds is 4. The van der Waals surface area contributed by atoms with E-state index in [-0.39, 0.29) is 12.4 Å². The Bertz CT molecular complexity index is 1070. The first-order valence-electron chi connectivity index (χ1n) is 9.37. The highest BCUT2D eigenvalue weighted by Crippen LogP contribution is 2.30. The van der Waals surface area contributed by atoms with Crippen LogP contribution in [-0.2, 0) is 17.8 Å². The van der Waals surface area contributed by atoms with Crippen molar-refractivity contribution in [1.29, 1.82) is 0 Å². The lowest BCUT2D eigenvalue weighted by molar-refractivity contribution is -0.122. The van der Waals surface area contributed by atoms with Gasteiger partial charge in [0.25, 0.3) is 12.4 Å². The molecular formula is C21H22Cl2N4O3. The number of benzene rings is 2. The fraction of sp³-hybridized carbons (Fsp3) is 0.238. The zero-order valence-electron chi connectivity index (χ0n) is 16.1. The maximum atomic E-state index is 13.0. The molecule has 2 aromatic carbocycles. The van der Waals surface area contributed by atoms with Gasteiger partial charge in [0.05, 0.1) is 6.54 Å². The topological polar surface area (TPSA) is 111 Å². The van der Waals surface area contributed by atoms with Crippen LogP contribution in [0.5, 0.6) is 0 Å². The van der Waals surface area contributed by atoms with Gasteiger partial charge in [-0.25, -0.2) is 0 Å². The second kappa shape index (κ2) is 9.84. The third kappa shape index (κ3) is 4.87. The molecule has 3 aromatic rings. The summed E-state index contributed by atoms with van der Waals surface area (Å²) in [6, 6.07) is 11.2. The minimum Gasteiger partial charge on any atom is -0.483 e. The lowest BCUT2D eigenvalue weighted by atomic mass is 10.0. The molecule has 2 heterocycles. The van der Waals surface area contributed by atoms with E-state index in [1.165, 1.54) is 5.56 Å². The van der Waals surface area contributed by atoms with E-state index in [2.05, 4.69) is 10.3 Å². The average molecular weight is 449 g/mol. The van der Waals surface area contributed by atoms with E-state index in [4.69, 9.17) is 38.8 Å². The third-order valence-electron chi connectivity index (χ3n) is 4.84. The lowest BCUT2D eigenvalue weighted by Crippen LogP contribution is -2.35. The van der Waals surface area contributed by atoms with Crippen LogP contribution in [0.4, 0.5) is 5.69 Å². The van der Waals surface area contributed by atoms with Crippen LogP contribution in [0.3, 0.4) is 0 Å². The quantitative estimate of drug-likeness (QED) is 0.454. The van der Waals surface area contributed by atoms with Crippen molar-refractivity contribution >= 4 is 52.2 Å². The number of aromatic amines is 1. The highest BCUT2D eigenvalue weighted by atomic mass is 35.5. The molecule has 9 heteroatoms. The van der Waals surface area contributed by atoms with E-state index >= 15 is 0 Å². The molecule has 5 N–H and O–H groups in total. The van der Waals surface area contributed by atoms with Crippen LogP contribution < -0.4 is 11.1 Å². The molecule has 1 aliphatic heterocycles. The Morgan fingerprint density at radius 2 is 2.00 bits per heavy atom. The predicted octanol–water partition coefficient (Wildman–Crippen LogP) is 3.74. The standard InChI is InChI=1S/C20H20Cl2N4O.CH2O2/c21-13-1-2-18-17(10-13)16-3-6-26(11-19(16)25-18)20(27)12-7-14(22)9-15(8-12)24-5-4-23;2-1-3/h1-2,7-10,24-25H,3-6,11,23H2;1H,(H,2,3). The van der Waals surface area contributed by atoms with Crippen molar-refractivity contribution in [1.82, 2.24) is 9.88 Å². The number of carboxylic acid groups (broad SMARTS) is 1. The summed E-state index contributed by atoms with van der Waals surface area (Å²) in [5, 5.41) is 12.4. The molecule has 30 heavy (non-hydrogen) atoms. The molecule has 1 amide bonds. The normalized spacial score (nSPS) is 12.7. The molecule has 0 spiro atoms. The molecule has 0 atom stereocenters. The van der Waals surface area contributed by atoms with E-state index in [0.29, 0.717) is 36.8 Å². The number of amides is 1. The Balaban J connectivity index is 0.000000806. The maximum Gasteiger partial charge on any atom is 0.290 e. The molecule has 7 nitrogen and oxygen atoms in total.